The minimum atomic E-state index is -3.88. The van der Waals surface area contributed by atoms with E-state index in [9.17, 15) is 13.2 Å². The van der Waals surface area contributed by atoms with Gasteiger partial charge in [0, 0.05) is 31.2 Å². The minimum Gasteiger partial charge on any atom is -0.296 e. The minimum absolute atomic E-state index is 0.0188. The van der Waals surface area contributed by atoms with Crippen molar-refractivity contribution in [2.24, 2.45) is 0 Å². The van der Waals surface area contributed by atoms with Gasteiger partial charge in [-0.05, 0) is 29.3 Å². The van der Waals surface area contributed by atoms with Crippen LogP contribution in [0.5, 0.6) is 0 Å². The van der Waals surface area contributed by atoms with Crippen LogP contribution in [0.15, 0.2) is 83.2 Å². The maximum Gasteiger partial charge on any atom is 0.272 e. The van der Waals surface area contributed by atoms with Gasteiger partial charge in [0.05, 0.1) is 16.6 Å². The van der Waals surface area contributed by atoms with Crippen molar-refractivity contribution in [2.75, 3.05) is 31.5 Å². The van der Waals surface area contributed by atoms with Gasteiger partial charge in [0.1, 0.15) is 0 Å². The van der Waals surface area contributed by atoms with E-state index < -0.39 is 15.9 Å². The molecule has 2 heterocycles. The first-order valence-electron chi connectivity index (χ1n) is 11.8. The number of anilines is 1. The molecule has 0 saturated carbocycles. The zero-order valence-electron chi connectivity index (χ0n) is 20.0. The van der Waals surface area contributed by atoms with Crippen LogP contribution >= 0.6 is 34.5 Å². The van der Waals surface area contributed by atoms with Gasteiger partial charge in [0.25, 0.3) is 15.9 Å². The first-order valence-corrected chi connectivity index (χ1v) is 14.8. The van der Waals surface area contributed by atoms with E-state index in [0.717, 1.165) is 22.5 Å². The highest BCUT2D eigenvalue weighted by Crippen LogP contribution is 2.31. The van der Waals surface area contributed by atoms with Crippen LogP contribution in [-0.4, -0.2) is 59.9 Å². The molecular formula is C26H23Cl2N5O3S2. The molecule has 3 aromatic carbocycles. The zero-order valence-corrected chi connectivity index (χ0v) is 23.1. The molecule has 38 heavy (non-hydrogen) atoms. The Morgan fingerprint density at radius 1 is 0.868 bits per heavy atom. The molecule has 4 aromatic rings. The Hall–Kier alpha value is -2.86. The average molecular weight is 589 g/mol. The van der Waals surface area contributed by atoms with E-state index in [0.29, 0.717) is 31.2 Å². The number of rotatable bonds is 7. The molecule has 1 amide bonds. The molecule has 1 saturated heterocycles. The maximum absolute atomic E-state index is 13.3. The van der Waals surface area contributed by atoms with Crippen molar-refractivity contribution in [2.45, 2.75) is 10.4 Å². The summed E-state index contributed by atoms with van der Waals surface area (Å²) in [4.78, 5) is 14.9. The normalized spacial score (nSPS) is 15.0. The number of nitrogens with zero attached hydrogens (tertiary/aromatic N) is 4. The number of amides is 1. The summed E-state index contributed by atoms with van der Waals surface area (Å²) in [7, 11) is -3.88. The summed E-state index contributed by atoms with van der Waals surface area (Å²) in [5.41, 5.74) is 2.50. The second-order valence-corrected chi connectivity index (χ2v) is 12.5. The Balaban J connectivity index is 1.28. The molecule has 0 bridgehead atoms. The SMILES string of the molecule is O=C(Nc1nnc(S(=O)(=O)N2CCN(C(c3ccccc3)c3ccccc3)CC2)s1)c1ccc(Cl)cc1Cl. The molecule has 0 aliphatic carbocycles. The molecule has 1 aliphatic heterocycles. The van der Waals surface area contributed by atoms with Crippen LogP contribution in [0.4, 0.5) is 5.13 Å². The van der Waals surface area contributed by atoms with E-state index in [1.165, 1.54) is 22.5 Å². The Morgan fingerprint density at radius 2 is 1.47 bits per heavy atom. The molecule has 8 nitrogen and oxygen atoms in total. The topological polar surface area (TPSA) is 95.5 Å². The molecule has 0 radical (unpaired) electrons. The number of hydrogen-bond donors (Lipinski definition) is 1. The van der Waals surface area contributed by atoms with E-state index in [4.69, 9.17) is 23.2 Å². The van der Waals surface area contributed by atoms with Crippen LogP contribution in [0.25, 0.3) is 0 Å². The maximum atomic E-state index is 13.3. The van der Waals surface area contributed by atoms with E-state index in [1.54, 1.807) is 0 Å². The molecule has 5 rings (SSSR count). The summed E-state index contributed by atoms with van der Waals surface area (Å²) in [6, 6.07) is 24.9. The lowest BCUT2D eigenvalue weighted by Crippen LogP contribution is -2.49. The third kappa shape index (κ3) is 5.75. The van der Waals surface area contributed by atoms with Gasteiger partial charge in [-0.3, -0.25) is 15.0 Å². The third-order valence-electron chi connectivity index (χ3n) is 6.23. The van der Waals surface area contributed by atoms with Crippen LogP contribution in [0.3, 0.4) is 0 Å². The average Bonchev–Trinajstić information content (AvgIpc) is 3.40. The number of benzene rings is 3. The fraction of sp³-hybridized carbons (Fsp3) is 0.192. The molecule has 196 valence electrons. The Kier molecular flexibility index (Phi) is 8.08. The van der Waals surface area contributed by atoms with Gasteiger partial charge in [0.15, 0.2) is 0 Å². The van der Waals surface area contributed by atoms with Crippen LogP contribution in [0.1, 0.15) is 27.5 Å². The lowest BCUT2D eigenvalue weighted by atomic mass is 9.96. The highest BCUT2D eigenvalue weighted by Gasteiger charge is 2.34. The second-order valence-electron chi connectivity index (χ2n) is 8.62. The molecular weight excluding hydrogens is 565 g/mol. The zero-order chi connectivity index (χ0) is 26.7. The fourth-order valence-electron chi connectivity index (χ4n) is 4.40. The molecule has 0 unspecified atom stereocenters. The van der Waals surface area contributed by atoms with Crippen molar-refractivity contribution in [1.82, 2.24) is 19.4 Å². The molecule has 1 aromatic heterocycles. The van der Waals surface area contributed by atoms with Crippen LogP contribution < -0.4 is 5.32 Å². The summed E-state index contributed by atoms with van der Waals surface area (Å²) in [5, 5.41) is 10.9. The molecule has 1 fully saturated rings. The van der Waals surface area contributed by atoms with Crippen molar-refractivity contribution in [3.05, 3.63) is 106 Å². The summed E-state index contributed by atoms with van der Waals surface area (Å²) in [6.45, 7) is 1.70. The second kappa shape index (κ2) is 11.5. The molecule has 0 atom stereocenters. The fourth-order valence-corrected chi connectivity index (χ4v) is 7.35. The molecule has 12 heteroatoms. The quantitative estimate of drug-likeness (QED) is 0.299. The standard InChI is InChI=1S/C26H23Cl2N5O3S2/c27-20-11-12-21(22(28)17-20)24(34)29-25-30-31-26(37-25)38(35,36)33-15-13-32(14-16-33)23(18-7-3-1-4-8-18)19-9-5-2-6-10-19/h1-12,17,23H,13-16H2,(H,29,30,34). The first kappa shape index (κ1) is 26.7. The highest BCUT2D eigenvalue weighted by atomic mass is 35.5. The number of aromatic nitrogens is 2. The number of hydrogen-bond acceptors (Lipinski definition) is 7. The number of piperazine rings is 1. The van der Waals surface area contributed by atoms with E-state index in [1.807, 2.05) is 36.4 Å². The smallest absolute Gasteiger partial charge is 0.272 e. The number of carbonyl (C=O) groups is 1. The van der Waals surface area contributed by atoms with Crippen LogP contribution in [0.2, 0.25) is 10.0 Å². The number of carbonyl (C=O) groups excluding carboxylic acids is 1. The van der Waals surface area contributed by atoms with Gasteiger partial charge >= 0.3 is 0 Å². The van der Waals surface area contributed by atoms with Crippen molar-refractivity contribution in [1.29, 1.82) is 0 Å². The first-order chi connectivity index (χ1) is 18.3. The van der Waals surface area contributed by atoms with Crippen molar-refractivity contribution < 1.29 is 13.2 Å². The van der Waals surface area contributed by atoms with Crippen LogP contribution in [-0.2, 0) is 10.0 Å². The van der Waals surface area contributed by atoms with Gasteiger partial charge < -0.3 is 0 Å². The molecule has 1 aliphatic rings. The highest BCUT2D eigenvalue weighted by molar-refractivity contribution is 7.91. The Morgan fingerprint density at radius 3 is 2.05 bits per heavy atom. The van der Waals surface area contributed by atoms with Gasteiger partial charge in [0.2, 0.25) is 9.47 Å². The van der Waals surface area contributed by atoms with Crippen molar-refractivity contribution in [3.8, 4) is 0 Å². The Bertz CT molecular complexity index is 1490. The number of halogens is 2. The lowest BCUT2D eigenvalue weighted by molar-refractivity contribution is 0.102. The van der Waals surface area contributed by atoms with Gasteiger partial charge in [-0.1, -0.05) is 95.2 Å². The number of nitrogens with one attached hydrogen (secondary N) is 1. The predicted octanol–water partition coefficient (Wildman–Crippen LogP) is 5.19. The lowest BCUT2D eigenvalue weighted by Gasteiger charge is -2.38. The van der Waals surface area contributed by atoms with Gasteiger partial charge in [-0.2, -0.15) is 4.31 Å². The van der Waals surface area contributed by atoms with E-state index in [-0.39, 0.29) is 26.1 Å². The summed E-state index contributed by atoms with van der Waals surface area (Å²) >= 11 is 12.8. The van der Waals surface area contributed by atoms with Crippen molar-refractivity contribution >= 4 is 55.6 Å². The van der Waals surface area contributed by atoms with Crippen LogP contribution in [0, 0.1) is 0 Å². The van der Waals surface area contributed by atoms with E-state index in [2.05, 4.69) is 44.7 Å². The van der Waals surface area contributed by atoms with Gasteiger partial charge in [-0.25, -0.2) is 8.42 Å². The summed E-state index contributed by atoms with van der Waals surface area (Å²) < 4.78 is 27.9. The molecule has 0 spiro atoms. The molecule has 1 N–H and O–H groups in total. The Labute approximate surface area is 234 Å². The predicted molar refractivity (Wildman–Crippen MR) is 149 cm³/mol. The van der Waals surface area contributed by atoms with Gasteiger partial charge in [-0.15, -0.1) is 10.2 Å². The largest absolute Gasteiger partial charge is 0.296 e. The number of sulfonamides is 1. The monoisotopic (exact) mass is 587 g/mol. The van der Waals surface area contributed by atoms with Crippen molar-refractivity contribution in [3.63, 3.8) is 0 Å². The third-order valence-corrected chi connectivity index (χ3v) is 9.86. The van der Waals surface area contributed by atoms with E-state index >= 15 is 0 Å². The summed E-state index contributed by atoms with van der Waals surface area (Å²) in [5.74, 6) is -0.534. The summed E-state index contributed by atoms with van der Waals surface area (Å²) in [6.07, 6.45) is 0.